The molecule has 0 bridgehead atoms. The molecule has 0 aliphatic carbocycles. The minimum atomic E-state index is -0.799. The van der Waals surface area contributed by atoms with Crippen molar-refractivity contribution >= 4 is 5.97 Å². The van der Waals surface area contributed by atoms with Crippen molar-refractivity contribution < 1.29 is 24.9 Å². The fourth-order valence-corrected chi connectivity index (χ4v) is 4.07. The third kappa shape index (κ3) is 8.21. The van der Waals surface area contributed by atoms with Gasteiger partial charge in [-0.1, -0.05) is 67.6 Å². The summed E-state index contributed by atoms with van der Waals surface area (Å²) in [5.74, 6) is -0.240. The summed E-state index contributed by atoms with van der Waals surface area (Å²) in [7, 11) is 0. The molecule has 0 aromatic heterocycles. The molecule has 1 unspecified atom stereocenters. The molecule has 0 aliphatic rings. The average Bonchev–Trinajstić information content (AvgIpc) is 2.86. The number of hydrogen-bond donors (Lipinski definition) is 4. The Labute approximate surface area is 207 Å². The third-order valence-corrected chi connectivity index (χ3v) is 6.08. The molecule has 0 amide bonds. The molecule has 0 fully saturated rings. The lowest BCUT2D eigenvalue weighted by Crippen LogP contribution is -2.32. The van der Waals surface area contributed by atoms with Gasteiger partial charge in [-0.3, -0.25) is 4.79 Å². The first-order valence-electron chi connectivity index (χ1n) is 12.0. The lowest BCUT2D eigenvalue weighted by molar-refractivity contribution is -0.137. The minimum Gasteiger partial charge on any atom is -0.489 e. The summed E-state index contributed by atoms with van der Waals surface area (Å²) in [6.07, 6.45) is 0.136. The fourth-order valence-electron chi connectivity index (χ4n) is 4.07. The van der Waals surface area contributed by atoms with Crippen LogP contribution in [0, 0.1) is 0 Å². The van der Waals surface area contributed by atoms with Crippen molar-refractivity contribution in [1.29, 1.82) is 0 Å². The van der Waals surface area contributed by atoms with E-state index in [-0.39, 0.29) is 25.0 Å². The van der Waals surface area contributed by atoms with Gasteiger partial charge in [0, 0.05) is 18.2 Å². The topological polar surface area (TPSA) is 99.0 Å². The molecule has 0 radical (unpaired) electrons. The Morgan fingerprint density at radius 2 is 1.69 bits per heavy atom. The molecular formula is C29H35NO5. The number of carbonyl (C=O) groups is 1. The molecular weight excluding hydrogens is 442 g/mol. The lowest BCUT2D eigenvalue weighted by atomic mass is 9.94. The van der Waals surface area contributed by atoms with E-state index in [4.69, 9.17) is 9.84 Å². The fraction of sp³-hybridized carbons (Fsp3) is 0.345. The van der Waals surface area contributed by atoms with Gasteiger partial charge in [-0.05, 0) is 53.6 Å². The van der Waals surface area contributed by atoms with E-state index in [0.717, 1.165) is 23.1 Å². The SMILES string of the molecule is CC(CC(=O)O)c1cccc(C[C@@H](C)NC[C@@H](O)c2ccc(OCc3ccccc3)c(CO)c2)c1. The third-order valence-electron chi connectivity index (χ3n) is 6.08. The molecule has 0 saturated heterocycles. The summed E-state index contributed by atoms with van der Waals surface area (Å²) in [5.41, 5.74) is 4.53. The molecule has 35 heavy (non-hydrogen) atoms. The number of aliphatic carboxylic acids is 1. The maximum absolute atomic E-state index is 11.0. The molecule has 0 heterocycles. The maximum atomic E-state index is 11.0. The molecule has 6 nitrogen and oxygen atoms in total. The van der Waals surface area contributed by atoms with Gasteiger partial charge in [0.15, 0.2) is 0 Å². The molecule has 6 heteroatoms. The first-order valence-corrected chi connectivity index (χ1v) is 12.0. The van der Waals surface area contributed by atoms with Gasteiger partial charge in [-0.25, -0.2) is 0 Å². The lowest BCUT2D eigenvalue weighted by Gasteiger charge is -2.19. The molecule has 4 N–H and O–H groups in total. The monoisotopic (exact) mass is 477 g/mol. The Hall–Kier alpha value is -3.19. The smallest absolute Gasteiger partial charge is 0.303 e. The number of hydrogen-bond acceptors (Lipinski definition) is 5. The highest BCUT2D eigenvalue weighted by Crippen LogP contribution is 2.25. The molecule has 186 valence electrons. The van der Waals surface area contributed by atoms with Crippen molar-refractivity contribution in [2.24, 2.45) is 0 Å². The second-order valence-electron chi connectivity index (χ2n) is 9.07. The van der Waals surface area contributed by atoms with E-state index in [2.05, 4.69) is 18.3 Å². The van der Waals surface area contributed by atoms with E-state index in [0.29, 0.717) is 30.0 Å². The molecule has 0 saturated carbocycles. The van der Waals surface area contributed by atoms with E-state index in [1.807, 2.05) is 61.5 Å². The van der Waals surface area contributed by atoms with Crippen LogP contribution in [0.2, 0.25) is 0 Å². The van der Waals surface area contributed by atoms with Crippen molar-refractivity contribution in [2.75, 3.05) is 6.54 Å². The van der Waals surface area contributed by atoms with E-state index < -0.39 is 12.1 Å². The van der Waals surface area contributed by atoms with E-state index in [1.54, 1.807) is 12.1 Å². The van der Waals surface area contributed by atoms with Crippen LogP contribution in [-0.2, 0) is 24.4 Å². The van der Waals surface area contributed by atoms with Gasteiger partial charge in [-0.15, -0.1) is 0 Å². The largest absolute Gasteiger partial charge is 0.489 e. The Kier molecular flexibility index (Phi) is 9.85. The Balaban J connectivity index is 1.54. The Morgan fingerprint density at radius 3 is 2.40 bits per heavy atom. The van der Waals surface area contributed by atoms with Gasteiger partial charge in [0.1, 0.15) is 12.4 Å². The molecule has 3 aromatic carbocycles. The van der Waals surface area contributed by atoms with E-state index >= 15 is 0 Å². The number of nitrogens with one attached hydrogen (secondary N) is 1. The van der Waals surface area contributed by atoms with Crippen LogP contribution in [-0.4, -0.2) is 33.9 Å². The first kappa shape index (κ1) is 26.4. The second-order valence-corrected chi connectivity index (χ2v) is 9.07. The Bertz CT molecular complexity index is 1090. The van der Waals surface area contributed by atoms with Gasteiger partial charge in [0.25, 0.3) is 0 Å². The second kappa shape index (κ2) is 13.0. The molecule has 0 spiro atoms. The molecule has 3 rings (SSSR count). The molecule has 3 aromatic rings. The summed E-state index contributed by atoms with van der Waals surface area (Å²) < 4.78 is 5.87. The zero-order valence-electron chi connectivity index (χ0n) is 20.4. The zero-order valence-corrected chi connectivity index (χ0v) is 20.4. The maximum Gasteiger partial charge on any atom is 0.303 e. The standard InChI is InChI=1S/C29H35NO5/c1-20(13-29(33)34)24-10-6-9-23(15-24)14-21(2)30-17-27(32)25-11-12-28(26(16-25)18-31)35-19-22-7-4-3-5-8-22/h3-12,15-16,20-21,27,30-32H,13-14,17-19H2,1-2H3,(H,33,34)/t20?,21-,27-/m1/s1. The average molecular weight is 478 g/mol. The number of aliphatic hydroxyl groups excluding tert-OH is 2. The van der Waals surface area contributed by atoms with Gasteiger partial charge >= 0.3 is 5.97 Å². The summed E-state index contributed by atoms with van der Waals surface area (Å²) in [6, 6.07) is 23.4. The van der Waals surface area contributed by atoms with Crippen LogP contribution in [0.5, 0.6) is 5.75 Å². The van der Waals surface area contributed by atoms with Gasteiger partial charge < -0.3 is 25.4 Å². The van der Waals surface area contributed by atoms with Crippen LogP contribution in [0.15, 0.2) is 72.8 Å². The number of carboxylic acids is 1. The number of ether oxygens (including phenoxy) is 1. The van der Waals surface area contributed by atoms with E-state index in [9.17, 15) is 15.0 Å². The van der Waals surface area contributed by atoms with Crippen molar-refractivity contribution in [1.82, 2.24) is 5.32 Å². The number of carboxylic acid groups (broad SMARTS) is 1. The minimum absolute atomic E-state index is 0.0436. The van der Waals surface area contributed by atoms with Crippen LogP contribution in [0.1, 0.15) is 60.1 Å². The highest BCUT2D eigenvalue weighted by atomic mass is 16.5. The Morgan fingerprint density at radius 1 is 0.943 bits per heavy atom. The van der Waals surface area contributed by atoms with Crippen LogP contribution in [0.4, 0.5) is 0 Å². The summed E-state index contributed by atoms with van der Waals surface area (Å²) in [6.45, 7) is 4.57. The van der Waals surface area contributed by atoms with Crippen molar-refractivity contribution in [2.45, 2.75) is 58.0 Å². The predicted octanol–water partition coefficient (Wildman–Crippen LogP) is 4.59. The van der Waals surface area contributed by atoms with Crippen LogP contribution >= 0.6 is 0 Å². The van der Waals surface area contributed by atoms with Crippen LogP contribution < -0.4 is 10.1 Å². The highest BCUT2D eigenvalue weighted by Gasteiger charge is 2.14. The summed E-state index contributed by atoms with van der Waals surface area (Å²) >= 11 is 0. The number of aliphatic hydroxyl groups is 2. The zero-order chi connectivity index (χ0) is 25.2. The predicted molar refractivity (Wildman–Crippen MR) is 136 cm³/mol. The number of benzene rings is 3. The van der Waals surface area contributed by atoms with Crippen molar-refractivity contribution in [3.8, 4) is 5.75 Å². The summed E-state index contributed by atoms with van der Waals surface area (Å²) in [5, 5.41) is 32.9. The summed E-state index contributed by atoms with van der Waals surface area (Å²) in [4.78, 5) is 11.0. The van der Waals surface area contributed by atoms with Crippen LogP contribution in [0.3, 0.4) is 0 Å². The van der Waals surface area contributed by atoms with Crippen molar-refractivity contribution in [3.05, 3.63) is 101 Å². The highest BCUT2D eigenvalue weighted by molar-refractivity contribution is 5.68. The quantitative estimate of drug-likeness (QED) is 0.287. The van der Waals surface area contributed by atoms with Gasteiger partial charge in [0.2, 0.25) is 0 Å². The first-order chi connectivity index (χ1) is 16.9. The molecule has 0 aliphatic heterocycles. The normalized spacial score (nSPS) is 13.7. The number of rotatable bonds is 13. The van der Waals surface area contributed by atoms with Gasteiger partial charge in [-0.2, -0.15) is 0 Å². The van der Waals surface area contributed by atoms with Gasteiger partial charge in [0.05, 0.1) is 19.1 Å². The van der Waals surface area contributed by atoms with E-state index in [1.165, 1.54) is 0 Å². The molecule has 3 atom stereocenters. The van der Waals surface area contributed by atoms with Crippen molar-refractivity contribution in [3.63, 3.8) is 0 Å². The van der Waals surface area contributed by atoms with Crippen LogP contribution in [0.25, 0.3) is 0 Å².